The third-order valence-electron chi connectivity index (χ3n) is 2.18. The Hall–Kier alpha value is -0.940. The van der Waals surface area contributed by atoms with Gasteiger partial charge in [0.15, 0.2) is 0 Å². The van der Waals surface area contributed by atoms with Crippen LogP contribution in [0.4, 0.5) is 0 Å². The zero-order chi connectivity index (χ0) is 11.8. The molecule has 0 atom stereocenters. The van der Waals surface area contributed by atoms with Crippen molar-refractivity contribution in [1.82, 2.24) is 10.3 Å². The average Bonchev–Trinajstić information content (AvgIpc) is 2.64. The minimum Gasteiger partial charge on any atom is -0.466 e. The molecule has 0 unspecified atom stereocenters. The number of ether oxygens (including phenoxy) is 1. The van der Waals surface area contributed by atoms with Crippen molar-refractivity contribution in [3.8, 4) is 0 Å². The van der Waals surface area contributed by atoms with Crippen LogP contribution < -0.4 is 5.32 Å². The Kier molecular flexibility index (Phi) is 6.03. The van der Waals surface area contributed by atoms with Crippen LogP contribution in [0.3, 0.4) is 0 Å². The van der Waals surface area contributed by atoms with Gasteiger partial charge in [-0.2, -0.15) is 0 Å². The van der Waals surface area contributed by atoms with Crippen LogP contribution in [0, 0.1) is 6.92 Å². The van der Waals surface area contributed by atoms with Gasteiger partial charge in [0, 0.05) is 18.0 Å². The van der Waals surface area contributed by atoms with Crippen LogP contribution in [0.25, 0.3) is 0 Å². The summed E-state index contributed by atoms with van der Waals surface area (Å²) < 4.78 is 4.83. The second-order valence-corrected chi connectivity index (χ2v) is 4.36. The topological polar surface area (TPSA) is 51.2 Å². The Morgan fingerprint density at radius 2 is 2.38 bits per heavy atom. The van der Waals surface area contributed by atoms with Crippen molar-refractivity contribution in [2.45, 2.75) is 26.7 Å². The number of aryl methyl sites for hydroxylation is 1. The summed E-state index contributed by atoms with van der Waals surface area (Å²) in [5.74, 6) is -0.135. The lowest BCUT2D eigenvalue weighted by Gasteiger charge is -2.04. The Morgan fingerprint density at radius 1 is 1.56 bits per heavy atom. The number of thiazole rings is 1. The summed E-state index contributed by atoms with van der Waals surface area (Å²) in [6.45, 7) is 5.85. The molecule has 16 heavy (non-hydrogen) atoms. The van der Waals surface area contributed by atoms with Crippen molar-refractivity contribution in [2.75, 3.05) is 19.7 Å². The lowest BCUT2D eigenvalue weighted by atomic mass is 10.3. The van der Waals surface area contributed by atoms with Gasteiger partial charge < -0.3 is 10.1 Å². The van der Waals surface area contributed by atoms with Gasteiger partial charge in [0.2, 0.25) is 0 Å². The molecule has 1 aromatic heterocycles. The van der Waals surface area contributed by atoms with E-state index in [2.05, 4.69) is 10.3 Å². The SMILES string of the molecule is CCOC(=O)CCNCCc1scnc1C. The summed E-state index contributed by atoms with van der Waals surface area (Å²) in [6.07, 6.45) is 1.41. The Bertz CT molecular complexity index is 326. The molecule has 90 valence electrons. The van der Waals surface area contributed by atoms with E-state index >= 15 is 0 Å². The smallest absolute Gasteiger partial charge is 0.307 e. The number of nitrogens with one attached hydrogen (secondary N) is 1. The predicted octanol–water partition coefficient (Wildman–Crippen LogP) is 1.54. The second-order valence-electron chi connectivity index (χ2n) is 3.42. The van der Waals surface area contributed by atoms with E-state index in [4.69, 9.17) is 4.74 Å². The molecule has 1 rings (SSSR count). The number of hydrogen-bond donors (Lipinski definition) is 1. The Balaban J connectivity index is 2.04. The Labute approximate surface area is 100 Å². The van der Waals surface area contributed by atoms with Gasteiger partial charge in [0.25, 0.3) is 0 Å². The van der Waals surface area contributed by atoms with Crippen molar-refractivity contribution in [3.05, 3.63) is 16.1 Å². The van der Waals surface area contributed by atoms with E-state index in [1.807, 2.05) is 19.4 Å². The average molecular weight is 242 g/mol. The summed E-state index contributed by atoms with van der Waals surface area (Å²) in [5, 5.41) is 3.22. The van der Waals surface area contributed by atoms with Crippen molar-refractivity contribution in [1.29, 1.82) is 0 Å². The molecule has 1 heterocycles. The normalized spacial score (nSPS) is 10.4. The van der Waals surface area contributed by atoms with Crippen molar-refractivity contribution >= 4 is 17.3 Å². The molecule has 0 amide bonds. The van der Waals surface area contributed by atoms with Crippen LogP contribution in [0.2, 0.25) is 0 Å². The maximum Gasteiger partial charge on any atom is 0.307 e. The minimum atomic E-state index is -0.135. The first-order valence-electron chi connectivity index (χ1n) is 5.49. The number of nitrogens with zero attached hydrogens (tertiary/aromatic N) is 1. The molecule has 0 aromatic carbocycles. The van der Waals surface area contributed by atoms with E-state index in [0.717, 1.165) is 18.7 Å². The van der Waals surface area contributed by atoms with E-state index in [0.29, 0.717) is 19.6 Å². The number of hydrogen-bond acceptors (Lipinski definition) is 5. The van der Waals surface area contributed by atoms with Gasteiger partial charge in [0.05, 0.1) is 24.2 Å². The van der Waals surface area contributed by atoms with Crippen molar-refractivity contribution in [3.63, 3.8) is 0 Å². The van der Waals surface area contributed by atoms with E-state index in [1.54, 1.807) is 11.3 Å². The van der Waals surface area contributed by atoms with Crippen LogP contribution in [0.5, 0.6) is 0 Å². The fourth-order valence-corrected chi connectivity index (χ4v) is 2.10. The molecule has 0 fully saturated rings. The highest BCUT2D eigenvalue weighted by atomic mass is 32.1. The van der Waals surface area contributed by atoms with Gasteiger partial charge in [0.1, 0.15) is 0 Å². The van der Waals surface area contributed by atoms with Gasteiger partial charge >= 0.3 is 5.97 Å². The fraction of sp³-hybridized carbons (Fsp3) is 0.636. The molecule has 0 saturated carbocycles. The second kappa shape index (κ2) is 7.35. The minimum absolute atomic E-state index is 0.135. The fourth-order valence-electron chi connectivity index (χ4n) is 1.32. The number of esters is 1. The molecule has 0 aliphatic rings. The molecule has 0 saturated heterocycles. The molecule has 0 spiro atoms. The molecule has 0 aliphatic carbocycles. The molecular weight excluding hydrogens is 224 g/mol. The zero-order valence-electron chi connectivity index (χ0n) is 9.78. The van der Waals surface area contributed by atoms with Gasteiger partial charge in [-0.15, -0.1) is 11.3 Å². The number of carbonyl (C=O) groups is 1. The number of rotatable bonds is 7. The molecule has 1 N–H and O–H groups in total. The van der Waals surface area contributed by atoms with Gasteiger partial charge in [-0.1, -0.05) is 0 Å². The largest absolute Gasteiger partial charge is 0.466 e. The zero-order valence-corrected chi connectivity index (χ0v) is 10.6. The standard InChI is InChI=1S/C11H18N2O2S/c1-3-15-11(14)5-7-12-6-4-10-9(2)13-8-16-10/h8,12H,3-7H2,1-2H3. The van der Waals surface area contributed by atoms with Gasteiger partial charge in [-0.3, -0.25) is 4.79 Å². The molecule has 0 aliphatic heterocycles. The first-order valence-corrected chi connectivity index (χ1v) is 6.37. The maximum atomic E-state index is 11.0. The highest BCUT2D eigenvalue weighted by molar-refractivity contribution is 7.09. The van der Waals surface area contributed by atoms with Crippen LogP contribution in [0.15, 0.2) is 5.51 Å². The van der Waals surface area contributed by atoms with Crippen LogP contribution in [0.1, 0.15) is 23.9 Å². The molecule has 4 nitrogen and oxygen atoms in total. The molecule has 0 radical (unpaired) electrons. The molecule has 5 heteroatoms. The summed E-state index contributed by atoms with van der Waals surface area (Å²) in [7, 11) is 0. The summed E-state index contributed by atoms with van der Waals surface area (Å²) in [6, 6.07) is 0. The van der Waals surface area contributed by atoms with Crippen molar-refractivity contribution < 1.29 is 9.53 Å². The monoisotopic (exact) mass is 242 g/mol. The third kappa shape index (κ3) is 4.72. The van der Waals surface area contributed by atoms with E-state index < -0.39 is 0 Å². The number of aromatic nitrogens is 1. The third-order valence-corrected chi connectivity index (χ3v) is 3.18. The first-order chi connectivity index (χ1) is 7.74. The predicted molar refractivity (Wildman–Crippen MR) is 64.7 cm³/mol. The molecular formula is C11H18N2O2S. The maximum absolute atomic E-state index is 11.0. The highest BCUT2D eigenvalue weighted by Crippen LogP contribution is 2.11. The summed E-state index contributed by atoms with van der Waals surface area (Å²) in [4.78, 5) is 16.5. The van der Waals surface area contributed by atoms with Crippen molar-refractivity contribution in [2.24, 2.45) is 0 Å². The number of carbonyl (C=O) groups excluding carboxylic acids is 1. The van der Waals surface area contributed by atoms with Crippen LogP contribution in [-0.2, 0) is 16.0 Å². The summed E-state index contributed by atoms with van der Waals surface area (Å²) in [5.41, 5.74) is 2.97. The van der Waals surface area contributed by atoms with Crippen LogP contribution >= 0.6 is 11.3 Å². The lowest BCUT2D eigenvalue weighted by molar-refractivity contribution is -0.142. The highest BCUT2D eigenvalue weighted by Gasteiger charge is 2.02. The van der Waals surface area contributed by atoms with Crippen LogP contribution in [-0.4, -0.2) is 30.6 Å². The van der Waals surface area contributed by atoms with E-state index in [-0.39, 0.29) is 5.97 Å². The summed E-state index contributed by atoms with van der Waals surface area (Å²) >= 11 is 1.68. The van der Waals surface area contributed by atoms with Gasteiger partial charge in [-0.25, -0.2) is 4.98 Å². The Morgan fingerprint density at radius 3 is 3.00 bits per heavy atom. The van der Waals surface area contributed by atoms with E-state index in [9.17, 15) is 4.79 Å². The van der Waals surface area contributed by atoms with E-state index in [1.165, 1.54) is 4.88 Å². The van der Waals surface area contributed by atoms with Gasteiger partial charge in [-0.05, 0) is 20.3 Å². The lowest BCUT2D eigenvalue weighted by Crippen LogP contribution is -2.21. The molecule has 1 aromatic rings. The molecule has 0 bridgehead atoms. The quantitative estimate of drug-likeness (QED) is 0.582. The first kappa shape index (κ1) is 13.1.